The van der Waals surface area contributed by atoms with Crippen molar-refractivity contribution < 1.29 is 9.18 Å². The lowest BCUT2D eigenvalue weighted by Gasteiger charge is -2.36. The second-order valence-corrected chi connectivity index (χ2v) is 6.32. The van der Waals surface area contributed by atoms with Crippen LogP contribution in [0.2, 0.25) is 0 Å². The topological polar surface area (TPSA) is 61.4 Å². The van der Waals surface area contributed by atoms with E-state index in [4.69, 9.17) is 0 Å². The number of hydrogen-bond donors (Lipinski definition) is 1. The van der Waals surface area contributed by atoms with Crippen LogP contribution in [-0.4, -0.2) is 53.0 Å². The van der Waals surface area contributed by atoms with E-state index in [1.54, 1.807) is 29.3 Å². The van der Waals surface area contributed by atoms with Crippen molar-refractivity contribution >= 4 is 17.5 Å². The van der Waals surface area contributed by atoms with Crippen molar-refractivity contribution in [3.8, 4) is 0 Å². The van der Waals surface area contributed by atoms with Gasteiger partial charge in [-0.25, -0.2) is 14.4 Å². The van der Waals surface area contributed by atoms with Gasteiger partial charge in [0.05, 0.1) is 0 Å². The molecule has 1 aromatic carbocycles. The molecule has 1 aromatic heterocycles. The maximum atomic E-state index is 13.0. The van der Waals surface area contributed by atoms with Gasteiger partial charge < -0.3 is 15.1 Å². The van der Waals surface area contributed by atoms with Crippen molar-refractivity contribution in [2.45, 2.75) is 19.9 Å². The van der Waals surface area contributed by atoms with Gasteiger partial charge in [0.25, 0.3) is 5.91 Å². The highest BCUT2D eigenvalue weighted by Gasteiger charge is 2.23. The van der Waals surface area contributed by atoms with Crippen molar-refractivity contribution in [2.24, 2.45) is 0 Å². The van der Waals surface area contributed by atoms with Crippen LogP contribution in [0.5, 0.6) is 0 Å². The van der Waals surface area contributed by atoms with Gasteiger partial charge in [0, 0.05) is 44.1 Å². The predicted molar refractivity (Wildman–Crippen MR) is 95.3 cm³/mol. The lowest BCUT2D eigenvalue weighted by Crippen LogP contribution is -2.49. The Kier molecular flexibility index (Phi) is 5.11. The average Bonchev–Trinajstić information content (AvgIpc) is 2.62. The van der Waals surface area contributed by atoms with Crippen LogP contribution in [0, 0.1) is 5.82 Å². The Morgan fingerprint density at radius 1 is 1.12 bits per heavy atom. The zero-order chi connectivity index (χ0) is 17.8. The number of hydrogen-bond acceptors (Lipinski definition) is 5. The minimum absolute atomic E-state index is 0.0898. The van der Waals surface area contributed by atoms with E-state index < -0.39 is 0 Å². The molecule has 1 aliphatic rings. The zero-order valence-electron chi connectivity index (χ0n) is 14.4. The molecule has 2 aromatic rings. The molecule has 1 fully saturated rings. The van der Waals surface area contributed by atoms with Crippen LogP contribution in [0.15, 0.2) is 36.5 Å². The Morgan fingerprint density at radius 3 is 2.44 bits per heavy atom. The highest BCUT2D eigenvalue weighted by molar-refractivity contribution is 5.92. The minimum atomic E-state index is -0.243. The smallest absolute Gasteiger partial charge is 0.272 e. The lowest BCUT2D eigenvalue weighted by atomic mass is 10.2. The maximum Gasteiger partial charge on any atom is 0.272 e. The van der Waals surface area contributed by atoms with E-state index in [1.807, 2.05) is 13.8 Å². The molecule has 1 saturated heterocycles. The third-order valence-electron chi connectivity index (χ3n) is 4.05. The first-order chi connectivity index (χ1) is 12.0. The minimum Gasteiger partial charge on any atom is -0.368 e. The maximum absolute atomic E-state index is 13.0. The Bertz CT molecular complexity index is 727. The fourth-order valence-electron chi connectivity index (χ4n) is 2.79. The van der Waals surface area contributed by atoms with Crippen molar-refractivity contribution in [3.63, 3.8) is 0 Å². The number of nitrogens with one attached hydrogen (secondary N) is 1. The molecule has 1 amide bonds. The second-order valence-electron chi connectivity index (χ2n) is 6.32. The lowest BCUT2D eigenvalue weighted by molar-refractivity contribution is 0.0741. The van der Waals surface area contributed by atoms with Gasteiger partial charge in [0.1, 0.15) is 11.5 Å². The van der Waals surface area contributed by atoms with E-state index in [1.165, 1.54) is 12.1 Å². The van der Waals surface area contributed by atoms with Gasteiger partial charge in [-0.15, -0.1) is 0 Å². The van der Waals surface area contributed by atoms with E-state index >= 15 is 0 Å². The molecule has 0 atom stereocenters. The Hall–Kier alpha value is -2.70. The van der Waals surface area contributed by atoms with Gasteiger partial charge in [0.15, 0.2) is 0 Å². The van der Waals surface area contributed by atoms with E-state index in [2.05, 4.69) is 20.2 Å². The van der Waals surface area contributed by atoms with Gasteiger partial charge in [-0.05, 0) is 44.2 Å². The normalized spacial score (nSPS) is 14.7. The molecule has 132 valence electrons. The highest BCUT2D eigenvalue weighted by Crippen LogP contribution is 2.17. The summed E-state index contributed by atoms with van der Waals surface area (Å²) in [7, 11) is 0. The van der Waals surface area contributed by atoms with Crippen LogP contribution in [0.4, 0.5) is 16.0 Å². The summed E-state index contributed by atoms with van der Waals surface area (Å²) in [6, 6.07) is 8.28. The molecular formula is C18H22FN5O. The largest absolute Gasteiger partial charge is 0.368 e. The molecule has 3 rings (SSSR count). The number of benzene rings is 1. The van der Waals surface area contributed by atoms with Gasteiger partial charge >= 0.3 is 0 Å². The number of piperazine rings is 1. The van der Waals surface area contributed by atoms with Crippen molar-refractivity contribution in [1.29, 1.82) is 0 Å². The summed E-state index contributed by atoms with van der Waals surface area (Å²) in [5, 5.41) is 3.10. The summed E-state index contributed by atoms with van der Waals surface area (Å²) in [6.45, 7) is 6.61. The van der Waals surface area contributed by atoms with Crippen LogP contribution >= 0.6 is 0 Å². The number of rotatable bonds is 4. The zero-order valence-corrected chi connectivity index (χ0v) is 14.4. The average molecular weight is 343 g/mol. The molecular weight excluding hydrogens is 321 g/mol. The van der Waals surface area contributed by atoms with E-state index in [-0.39, 0.29) is 17.8 Å². The summed E-state index contributed by atoms with van der Waals surface area (Å²) in [6.07, 6.45) is 1.60. The summed E-state index contributed by atoms with van der Waals surface area (Å²) in [4.78, 5) is 25.0. The van der Waals surface area contributed by atoms with Gasteiger partial charge in [-0.1, -0.05) is 0 Å². The second kappa shape index (κ2) is 7.46. The Balaban J connectivity index is 1.62. The first-order valence-electron chi connectivity index (χ1n) is 8.42. The number of carbonyl (C=O) groups is 1. The van der Waals surface area contributed by atoms with E-state index in [0.717, 1.165) is 5.69 Å². The number of nitrogens with zero attached hydrogens (tertiary/aromatic N) is 4. The summed E-state index contributed by atoms with van der Waals surface area (Å²) in [5.74, 6) is 0.130. The number of halogens is 1. The van der Waals surface area contributed by atoms with Crippen LogP contribution in [-0.2, 0) is 0 Å². The van der Waals surface area contributed by atoms with Crippen molar-refractivity contribution in [2.75, 3.05) is 36.4 Å². The van der Waals surface area contributed by atoms with Crippen LogP contribution in [0.1, 0.15) is 24.3 Å². The standard InChI is InChI=1S/C18H22FN5O/c1-13(2)21-18-20-8-7-16(22-18)17(25)24-11-9-23(10-12-24)15-5-3-14(19)4-6-15/h3-8,13H,9-12H2,1-2H3,(H,20,21,22). The first-order valence-corrected chi connectivity index (χ1v) is 8.42. The fraction of sp³-hybridized carbons (Fsp3) is 0.389. The number of amides is 1. The quantitative estimate of drug-likeness (QED) is 0.924. The molecule has 6 nitrogen and oxygen atoms in total. The molecule has 2 heterocycles. The number of anilines is 2. The van der Waals surface area contributed by atoms with Crippen molar-refractivity contribution in [1.82, 2.24) is 14.9 Å². The van der Waals surface area contributed by atoms with Crippen LogP contribution < -0.4 is 10.2 Å². The van der Waals surface area contributed by atoms with Gasteiger partial charge in [0.2, 0.25) is 5.95 Å². The van der Waals surface area contributed by atoms with Gasteiger partial charge in [-0.3, -0.25) is 4.79 Å². The third kappa shape index (κ3) is 4.23. The summed E-state index contributed by atoms with van der Waals surface area (Å²) >= 11 is 0. The van der Waals surface area contributed by atoms with Crippen molar-refractivity contribution in [3.05, 3.63) is 48.0 Å². The van der Waals surface area contributed by atoms with E-state index in [0.29, 0.717) is 37.8 Å². The molecule has 7 heteroatoms. The Morgan fingerprint density at radius 2 is 1.80 bits per heavy atom. The monoisotopic (exact) mass is 343 g/mol. The van der Waals surface area contributed by atoms with Crippen LogP contribution in [0.25, 0.3) is 0 Å². The molecule has 1 N–H and O–H groups in total. The van der Waals surface area contributed by atoms with Crippen LogP contribution in [0.3, 0.4) is 0 Å². The molecule has 25 heavy (non-hydrogen) atoms. The predicted octanol–water partition coefficient (Wildman–Crippen LogP) is 2.40. The summed E-state index contributed by atoms with van der Waals surface area (Å²) < 4.78 is 13.0. The molecule has 0 aliphatic carbocycles. The fourth-order valence-corrected chi connectivity index (χ4v) is 2.79. The summed E-state index contributed by atoms with van der Waals surface area (Å²) in [5.41, 5.74) is 1.37. The third-order valence-corrected chi connectivity index (χ3v) is 4.05. The molecule has 1 aliphatic heterocycles. The molecule has 0 unspecified atom stereocenters. The van der Waals surface area contributed by atoms with E-state index in [9.17, 15) is 9.18 Å². The Labute approximate surface area is 146 Å². The molecule has 0 saturated carbocycles. The van der Waals surface area contributed by atoms with Gasteiger partial charge in [-0.2, -0.15) is 0 Å². The number of aromatic nitrogens is 2. The first kappa shape index (κ1) is 17.1. The highest BCUT2D eigenvalue weighted by atomic mass is 19.1. The number of carbonyl (C=O) groups excluding carboxylic acids is 1. The molecule has 0 bridgehead atoms. The SMILES string of the molecule is CC(C)Nc1nccc(C(=O)N2CCN(c3ccc(F)cc3)CC2)n1. The molecule has 0 spiro atoms. The molecule has 0 radical (unpaired) electrons.